The quantitative estimate of drug-likeness (QED) is 0.268. The Labute approximate surface area is 227 Å². The highest BCUT2D eigenvalue weighted by Gasteiger charge is 2.54. The van der Waals surface area contributed by atoms with E-state index in [2.05, 4.69) is 132 Å². The fraction of sp³-hybridized carbons (Fsp3) is 0.455. The molecule has 0 bridgehead atoms. The summed E-state index contributed by atoms with van der Waals surface area (Å²) >= 11 is 0. The largest absolute Gasteiger partial charge is 0.449 e. The molecule has 0 amide bonds. The lowest BCUT2D eigenvalue weighted by Gasteiger charge is -2.48. The van der Waals surface area contributed by atoms with Crippen LogP contribution in [0.25, 0.3) is 0 Å². The van der Waals surface area contributed by atoms with Gasteiger partial charge in [-0.15, -0.1) is 0 Å². The van der Waals surface area contributed by atoms with E-state index in [9.17, 15) is 0 Å². The van der Waals surface area contributed by atoms with Crippen molar-refractivity contribution in [3.63, 3.8) is 0 Å². The van der Waals surface area contributed by atoms with E-state index in [1.54, 1.807) is 0 Å². The van der Waals surface area contributed by atoms with E-state index in [0.717, 1.165) is 6.61 Å². The highest BCUT2D eigenvalue weighted by molar-refractivity contribution is 7.04. The maximum absolute atomic E-state index is 7.75. The second kappa shape index (κ2) is 11.0. The van der Waals surface area contributed by atoms with Crippen LogP contribution < -0.4 is 10.4 Å². The van der Waals surface area contributed by atoms with Crippen molar-refractivity contribution in [3.05, 3.63) is 96.6 Å². The van der Waals surface area contributed by atoms with Crippen LogP contribution in [-0.2, 0) is 14.3 Å². The molecule has 1 saturated carbocycles. The number of methoxy groups -OCH3 is 1. The van der Waals surface area contributed by atoms with Crippen LogP contribution in [0, 0.1) is 11.8 Å². The number of hydrogen-bond donors (Lipinski definition) is 0. The molecule has 4 rings (SSSR count). The first-order valence-corrected chi connectivity index (χ1v) is 18.9. The van der Waals surface area contributed by atoms with Gasteiger partial charge in [0.15, 0.2) is 8.32 Å². The molecule has 0 aromatic heterocycles. The third-order valence-corrected chi connectivity index (χ3v) is 17.9. The van der Waals surface area contributed by atoms with Gasteiger partial charge in [0.05, 0.1) is 6.61 Å². The molecular formula is C33H46O2Si2. The molecule has 198 valence electrons. The summed E-state index contributed by atoms with van der Waals surface area (Å²) in [6.45, 7) is 15.4. The van der Waals surface area contributed by atoms with Crippen molar-refractivity contribution in [2.45, 2.75) is 70.1 Å². The van der Waals surface area contributed by atoms with Gasteiger partial charge in [0.25, 0.3) is 8.32 Å². The second-order valence-electron chi connectivity index (χ2n) is 13.0. The first-order chi connectivity index (χ1) is 17.5. The van der Waals surface area contributed by atoms with Crippen molar-refractivity contribution in [1.82, 2.24) is 0 Å². The zero-order valence-corrected chi connectivity index (χ0v) is 26.0. The Balaban J connectivity index is 1.69. The van der Waals surface area contributed by atoms with Crippen molar-refractivity contribution in [1.29, 1.82) is 0 Å². The van der Waals surface area contributed by atoms with Crippen LogP contribution in [0.4, 0.5) is 0 Å². The zero-order chi connectivity index (χ0) is 26.7. The molecule has 1 fully saturated rings. The summed E-state index contributed by atoms with van der Waals surface area (Å²) in [5.41, 5.74) is 1.53. The van der Waals surface area contributed by atoms with Crippen LogP contribution in [0.2, 0.25) is 24.2 Å². The van der Waals surface area contributed by atoms with Crippen LogP contribution in [-0.4, -0.2) is 30.4 Å². The molecule has 0 unspecified atom stereocenters. The topological polar surface area (TPSA) is 18.5 Å². The van der Waals surface area contributed by atoms with E-state index in [0.29, 0.717) is 11.8 Å². The van der Waals surface area contributed by atoms with Crippen LogP contribution >= 0.6 is 0 Å². The molecule has 0 radical (unpaired) electrons. The van der Waals surface area contributed by atoms with Crippen LogP contribution in [0.1, 0.15) is 46.1 Å². The predicted molar refractivity (Wildman–Crippen MR) is 163 cm³/mol. The Morgan fingerprint density at radius 3 is 1.73 bits per heavy atom. The molecule has 37 heavy (non-hydrogen) atoms. The summed E-state index contributed by atoms with van der Waals surface area (Å²) in [7, 11) is -2.79. The highest BCUT2D eigenvalue weighted by Crippen LogP contribution is 2.51. The van der Waals surface area contributed by atoms with E-state index in [1.807, 2.05) is 7.11 Å². The molecule has 0 heterocycles. The molecule has 2 nitrogen and oxygen atoms in total. The van der Waals surface area contributed by atoms with Crippen molar-refractivity contribution < 1.29 is 8.85 Å². The lowest BCUT2D eigenvalue weighted by atomic mass is 9.78. The summed E-state index contributed by atoms with van der Waals surface area (Å²) in [5, 5.41) is 2.77. The van der Waals surface area contributed by atoms with E-state index in [-0.39, 0.29) is 10.5 Å². The maximum atomic E-state index is 7.75. The second-order valence-corrected chi connectivity index (χ2v) is 21.7. The van der Waals surface area contributed by atoms with Crippen LogP contribution in [0.3, 0.4) is 0 Å². The summed E-state index contributed by atoms with van der Waals surface area (Å²) in [6, 6.07) is 34.5. The van der Waals surface area contributed by atoms with Gasteiger partial charge in [0, 0.05) is 12.5 Å². The SMILES string of the molecule is COC[C@@]1(c2ccccc2)C[C@H](C[Si](C)(C)O[Si](c2ccccc2)(c2ccccc2)C(C)(C)C)[C@@H](C)C1. The fourth-order valence-corrected chi connectivity index (χ4v) is 18.1. The molecule has 3 aromatic rings. The number of ether oxygens (including phenoxy) is 1. The van der Waals surface area contributed by atoms with E-state index in [1.165, 1.54) is 34.8 Å². The minimum absolute atomic E-state index is 0.00508. The fourth-order valence-electron chi connectivity index (χ4n) is 7.08. The minimum Gasteiger partial charge on any atom is -0.449 e. The molecule has 0 saturated heterocycles. The van der Waals surface area contributed by atoms with Gasteiger partial charge in [0.2, 0.25) is 0 Å². The smallest absolute Gasteiger partial charge is 0.250 e. The van der Waals surface area contributed by atoms with Gasteiger partial charge in [-0.3, -0.25) is 0 Å². The van der Waals surface area contributed by atoms with Gasteiger partial charge in [-0.2, -0.15) is 0 Å². The number of benzene rings is 3. The Hall–Kier alpha value is -1.99. The standard InChI is InChI=1S/C33H46O2Si2/c1-27-23-33(26-34-5,29-17-11-8-12-18-29)24-28(27)25-36(6,7)35-37(32(2,3)4,30-19-13-9-14-20-30)31-21-15-10-16-22-31/h8-22,27-28H,23-26H2,1-7H3/t27-,28+,33-/m0/s1. The molecule has 1 aliphatic rings. The average Bonchev–Trinajstić information content (AvgIpc) is 3.18. The molecule has 0 aliphatic heterocycles. The Bertz CT molecular complexity index is 1090. The first kappa shape index (κ1) is 28.0. The number of rotatable bonds is 9. The monoisotopic (exact) mass is 530 g/mol. The van der Waals surface area contributed by atoms with Crippen LogP contribution in [0.5, 0.6) is 0 Å². The molecular weight excluding hydrogens is 485 g/mol. The maximum Gasteiger partial charge on any atom is 0.250 e. The van der Waals surface area contributed by atoms with Crippen molar-refractivity contribution >= 4 is 27.0 Å². The average molecular weight is 531 g/mol. The van der Waals surface area contributed by atoms with Gasteiger partial charge in [-0.1, -0.05) is 119 Å². The first-order valence-electron chi connectivity index (χ1n) is 13.9. The molecule has 1 aliphatic carbocycles. The predicted octanol–water partition coefficient (Wildman–Crippen LogP) is 7.40. The molecule has 0 N–H and O–H groups in total. The van der Waals surface area contributed by atoms with Crippen molar-refractivity contribution in [2.24, 2.45) is 11.8 Å². The lowest BCUT2D eigenvalue weighted by molar-refractivity contribution is 0.128. The summed E-state index contributed by atoms with van der Waals surface area (Å²) < 4.78 is 13.6. The summed E-state index contributed by atoms with van der Waals surface area (Å²) in [5.74, 6) is 1.28. The lowest BCUT2D eigenvalue weighted by Crippen LogP contribution is -2.70. The van der Waals surface area contributed by atoms with Gasteiger partial charge in [0.1, 0.15) is 0 Å². The normalized spacial score (nSPS) is 22.8. The Morgan fingerprint density at radius 1 is 0.784 bits per heavy atom. The summed E-state index contributed by atoms with van der Waals surface area (Å²) in [4.78, 5) is 0. The highest BCUT2D eigenvalue weighted by atomic mass is 28.4. The zero-order valence-electron chi connectivity index (χ0n) is 24.0. The van der Waals surface area contributed by atoms with Gasteiger partial charge >= 0.3 is 0 Å². The molecule has 0 spiro atoms. The van der Waals surface area contributed by atoms with Gasteiger partial charge in [-0.05, 0) is 64.8 Å². The van der Waals surface area contributed by atoms with E-state index < -0.39 is 16.6 Å². The molecule has 3 aromatic carbocycles. The molecule has 4 heteroatoms. The van der Waals surface area contributed by atoms with Crippen LogP contribution in [0.15, 0.2) is 91.0 Å². The van der Waals surface area contributed by atoms with Gasteiger partial charge < -0.3 is 8.85 Å². The van der Waals surface area contributed by atoms with E-state index >= 15 is 0 Å². The van der Waals surface area contributed by atoms with Crippen molar-refractivity contribution in [2.75, 3.05) is 13.7 Å². The van der Waals surface area contributed by atoms with Gasteiger partial charge in [-0.25, -0.2) is 0 Å². The third kappa shape index (κ3) is 5.73. The van der Waals surface area contributed by atoms with Crippen molar-refractivity contribution in [3.8, 4) is 0 Å². The van der Waals surface area contributed by atoms with E-state index in [4.69, 9.17) is 8.85 Å². The number of hydrogen-bond acceptors (Lipinski definition) is 2. The Kier molecular flexibility index (Phi) is 8.35. The molecule has 3 atom stereocenters. The Morgan fingerprint density at radius 2 is 1.27 bits per heavy atom. The minimum atomic E-state index is -2.56. The summed E-state index contributed by atoms with van der Waals surface area (Å²) in [6.07, 6.45) is 2.35. The third-order valence-electron chi connectivity index (χ3n) is 8.58.